The molecule has 107 valence electrons. The van der Waals surface area contributed by atoms with E-state index in [0.29, 0.717) is 0 Å². The minimum atomic E-state index is 0.268. The van der Waals surface area contributed by atoms with Crippen LogP contribution in [0.5, 0.6) is 0 Å². The van der Waals surface area contributed by atoms with Crippen molar-refractivity contribution in [3.8, 4) is 17.8 Å². The van der Waals surface area contributed by atoms with Crippen molar-refractivity contribution >= 4 is 0 Å². The van der Waals surface area contributed by atoms with Gasteiger partial charge >= 0.3 is 0 Å². The first-order chi connectivity index (χ1) is 9.35. The monoisotopic (exact) mass is 259 g/mol. The Kier molecular flexibility index (Phi) is 14.5. The predicted molar refractivity (Wildman–Crippen MR) is 85.1 cm³/mol. The van der Waals surface area contributed by atoms with Crippen molar-refractivity contribution < 1.29 is 0 Å². The third kappa shape index (κ3) is 13.4. The minimum absolute atomic E-state index is 0.268. The molecule has 0 aromatic rings. The molecule has 0 spiro atoms. The Morgan fingerprint density at radius 2 is 1.42 bits per heavy atom. The van der Waals surface area contributed by atoms with Crippen LogP contribution in [0.25, 0.3) is 0 Å². The number of hydrogen-bond donors (Lipinski definition) is 0. The van der Waals surface area contributed by atoms with E-state index in [4.69, 9.17) is 6.42 Å². The first-order valence-electron chi connectivity index (χ1n) is 8.23. The van der Waals surface area contributed by atoms with Crippen molar-refractivity contribution in [2.24, 2.45) is 5.92 Å². The molecule has 0 N–H and O–H groups in total. The molecule has 0 aliphatic heterocycles. The highest BCUT2D eigenvalue weighted by Gasteiger charge is 2.02. The van der Waals surface area contributed by atoms with Crippen molar-refractivity contribution in [3.05, 3.63) is 6.42 Å². The Bertz CT molecular complexity index is 271. The predicted octanol–water partition coefficient (Wildman–Crippen LogP) is 5.92. The van der Waals surface area contributed by atoms with E-state index >= 15 is 0 Å². The first kappa shape index (κ1) is 18.1. The Hall–Kier alpha value is -0.880. The van der Waals surface area contributed by atoms with Gasteiger partial charge in [0.15, 0.2) is 0 Å². The lowest BCUT2D eigenvalue weighted by Gasteiger charge is -2.05. The smallest absolute Gasteiger partial charge is 0.0322 e. The summed E-state index contributed by atoms with van der Waals surface area (Å²) in [4.78, 5) is 0. The number of unbranched alkanes of at least 4 members (excludes halogenated alkanes) is 8. The molecule has 0 heterocycles. The van der Waals surface area contributed by atoms with E-state index in [0.717, 1.165) is 19.3 Å². The molecule has 0 amide bonds. The van der Waals surface area contributed by atoms with Crippen molar-refractivity contribution in [1.29, 1.82) is 0 Å². The van der Waals surface area contributed by atoms with Crippen molar-refractivity contribution in [3.63, 3.8) is 0 Å². The van der Waals surface area contributed by atoms with E-state index in [1.807, 2.05) is 0 Å². The summed E-state index contributed by atoms with van der Waals surface area (Å²) in [5.74, 6) is 9.40. The lowest BCUT2D eigenvalue weighted by Crippen LogP contribution is -1.95. The fourth-order valence-electron chi connectivity index (χ4n) is 2.14. The van der Waals surface area contributed by atoms with Gasteiger partial charge in [0.2, 0.25) is 0 Å². The van der Waals surface area contributed by atoms with Gasteiger partial charge in [-0.3, -0.25) is 0 Å². The molecule has 1 atom stereocenters. The molecular formula is C19H31. The summed E-state index contributed by atoms with van der Waals surface area (Å²) in [6, 6.07) is 0. The molecule has 19 heavy (non-hydrogen) atoms. The van der Waals surface area contributed by atoms with Gasteiger partial charge in [0.05, 0.1) is 0 Å². The van der Waals surface area contributed by atoms with E-state index < -0.39 is 0 Å². The molecular weight excluding hydrogens is 228 g/mol. The highest BCUT2D eigenvalue weighted by atomic mass is 14.1. The van der Waals surface area contributed by atoms with Gasteiger partial charge in [-0.05, 0) is 19.3 Å². The molecule has 0 aromatic carbocycles. The molecule has 1 radical (unpaired) electrons. The second-order valence-electron chi connectivity index (χ2n) is 5.41. The molecule has 0 aromatic heterocycles. The van der Waals surface area contributed by atoms with Crippen LogP contribution >= 0.6 is 0 Å². The van der Waals surface area contributed by atoms with E-state index in [1.165, 1.54) is 57.8 Å². The third-order valence-corrected chi connectivity index (χ3v) is 3.49. The van der Waals surface area contributed by atoms with Gasteiger partial charge in [-0.25, -0.2) is 0 Å². The summed E-state index contributed by atoms with van der Waals surface area (Å²) >= 11 is 0. The van der Waals surface area contributed by atoms with Crippen molar-refractivity contribution in [2.45, 2.75) is 90.9 Å². The molecule has 0 bridgehead atoms. The van der Waals surface area contributed by atoms with Gasteiger partial charge in [0, 0.05) is 18.8 Å². The zero-order chi connectivity index (χ0) is 14.2. The summed E-state index contributed by atoms with van der Waals surface area (Å²) in [6.07, 6.45) is 22.0. The second-order valence-corrected chi connectivity index (χ2v) is 5.41. The molecule has 0 aliphatic carbocycles. The fraction of sp³-hybridized carbons (Fsp3) is 0.789. The molecule has 0 heteroatoms. The van der Waals surface area contributed by atoms with E-state index in [1.54, 1.807) is 0 Å². The van der Waals surface area contributed by atoms with Crippen LogP contribution in [0.3, 0.4) is 0 Å². The van der Waals surface area contributed by atoms with Crippen LogP contribution in [0.4, 0.5) is 0 Å². The average Bonchev–Trinajstić information content (AvgIpc) is 2.44. The van der Waals surface area contributed by atoms with Gasteiger partial charge in [-0.1, -0.05) is 71.1 Å². The second kappa shape index (κ2) is 15.2. The highest BCUT2D eigenvalue weighted by molar-refractivity contribution is 5.04. The SMILES string of the molecule is [C]#CC(CC#CCCCCCC)CCCCCCC. The van der Waals surface area contributed by atoms with Crippen LogP contribution in [-0.2, 0) is 0 Å². The van der Waals surface area contributed by atoms with Crippen LogP contribution in [0, 0.1) is 30.1 Å². The van der Waals surface area contributed by atoms with Gasteiger partial charge in [-0.2, -0.15) is 0 Å². The molecule has 1 unspecified atom stereocenters. The summed E-state index contributed by atoms with van der Waals surface area (Å²) < 4.78 is 0. The number of rotatable bonds is 11. The molecule has 0 saturated carbocycles. The Balaban J connectivity index is 3.53. The minimum Gasteiger partial charge on any atom is -0.103 e. The molecule has 0 fully saturated rings. The quantitative estimate of drug-likeness (QED) is 0.319. The van der Waals surface area contributed by atoms with Gasteiger partial charge in [0.25, 0.3) is 0 Å². The zero-order valence-corrected chi connectivity index (χ0v) is 13.1. The normalized spacial score (nSPS) is 11.4. The van der Waals surface area contributed by atoms with Crippen LogP contribution in [0.15, 0.2) is 0 Å². The summed E-state index contributed by atoms with van der Waals surface area (Å²) in [7, 11) is 0. The third-order valence-electron chi connectivity index (χ3n) is 3.49. The Morgan fingerprint density at radius 3 is 2.05 bits per heavy atom. The van der Waals surface area contributed by atoms with Gasteiger partial charge in [-0.15, -0.1) is 11.8 Å². The van der Waals surface area contributed by atoms with Crippen molar-refractivity contribution in [2.75, 3.05) is 0 Å². The number of hydrogen-bond acceptors (Lipinski definition) is 0. The molecule has 0 aliphatic rings. The van der Waals surface area contributed by atoms with E-state index in [9.17, 15) is 0 Å². The van der Waals surface area contributed by atoms with E-state index in [2.05, 4.69) is 31.6 Å². The van der Waals surface area contributed by atoms with Gasteiger partial charge in [0.1, 0.15) is 0 Å². The van der Waals surface area contributed by atoms with Crippen LogP contribution in [0.1, 0.15) is 90.9 Å². The topological polar surface area (TPSA) is 0 Å². The maximum atomic E-state index is 7.33. The van der Waals surface area contributed by atoms with E-state index in [-0.39, 0.29) is 5.92 Å². The fourth-order valence-corrected chi connectivity index (χ4v) is 2.14. The maximum absolute atomic E-state index is 7.33. The highest BCUT2D eigenvalue weighted by Crippen LogP contribution is 2.13. The molecule has 0 nitrogen and oxygen atoms in total. The summed E-state index contributed by atoms with van der Waals surface area (Å²) in [5, 5.41) is 0. The van der Waals surface area contributed by atoms with Gasteiger partial charge < -0.3 is 0 Å². The Morgan fingerprint density at radius 1 is 0.789 bits per heavy atom. The lowest BCUT2D eigenvalue weighted by molar-refractivity contribution is 0.541. The molecule has 0 rings (SSSR count). The summed E-state index contributed by atoms with van der Waals surface area (Å²) in [5.41, 5.74) is 0. The van der Waals surface area contributed by atoms with Crippen molar-refractivity contribution in [1.82, 2.24) is 0 Å². The average molecular weight is 259 g/mol. The summed E-state index contributed by atoms with van der Waals surface area (Å²) in [6.45, 7) is 4.47. The maximum Gasteiger partial charge on any atom is 0.0322 e. The standard InChI is InChI=1S/C19H31/c1-4-7-9-11-12-14-16-18-19(6-3)17-15-13-10-8-5-2/h19H,4-5,7-13,15,17-18H2,1-2H3. The lowest BCUT2D eigenvalue weighted by atomic mass is 9.98. The first-order valence-corrected chi connectivity index (χ1v) is 8.23. The van der Waals surface area contributed by atoms with Crippen LogP contribution in [-0.4, -0.2) is 0 Å². The molecule has 0 saturated heterocycles. The zero-order valence-electron chi connectivity index (χ0n) is 13.1. The Labute approximate surface area is 121 Å². The van der Waals surface area contributed by atoms with Crippen LogP contribution < -0.4 is 0 Å². The largest absolute Gasteiger partial charge is 0.103 e. The van der Waals surface area contributed by atoms with Crippen LogP contribution in [0.2, 0.25) is 0 Å².